The molecule has 0 aliphatic carbocycles. The number of aromatic nitrogens is 1. The SMILES string of the molecule is O=C(CCc1ccc(S(=O)(=O)N2CCCCC2)cc1)NCc1ccnc(OCc2ccccc2)c1. The van der Waals surface area contributed by atoms with Crippen molar-refractivity contribution in [3.05, 3.63) is 89.6 Å². The molecule has 1 saturated heterocycles. The van der Waals surface area contributed by atoms with Gasteiger partial charge in [-0.25, -0.2) is 13.4 Å². The van der Waals surface area contributed by atoms with Crippen LogP contribution in [0.25, 0.3) is 0 Å². The number of hydrogen-bond donors (Lipinski definition) is 1. The Bertz CT molecular complexity index is 1210. The predicted octanol–water partition coefficient (Wildman–Crippen LogP) is 4.08. The van der Waals surface area contributed by atoms with Crippen LogP contribution in [0.2, 0.25) is 0 Å². The third-order valence-electron chi connectivity index (χ3n) is 6.04. The van der Waals surface area contributed by atoms with Crippen LogP contribution in [0.5, 0.6) is 5.88 Å². The Hall–Kier alpha value is -3.23. The lowest BCUT2D eigenvalue weighted by molar-refractivity contribution is -0.121. The number of ether oxygens (including phenoxy) is 1. The van der Waals surface area contributed by atoms with Crippen molar-refractivity contribution in [2.75, 3.05) is 13.1 Å². The second-order valence-electron chi connectivity index (χ2n) is 8.66. The molecule has 1 aliphatic rings. The summed E-state index contributed by atoms with van der Waals surface area (Å²) in [6.45, 7) is 1.99. The van der Waals surface area contributed by atoms with Gasteiger partial charge < -0.3 is 10.1 Å². The molecule has 1 aliphatic heterocycles. The van der Waals surface area contributed by atoms with E-state index in [4.69, 9.17) is 4.74 Å². The molecule has 35 heavy (non-hydrogen) atoms. The number of carbonyl (C=O) groups excluding carboxylic acids is 1. The van der Waals surface area contributed by atoms with Gasteiger partial charge in [-0.05, 0) is 54.2 Å². The summed E-state index contributed by atoms with van der Waals surface area (Å²) in [6, 6.07) is 20.4. The van der Waals surface area contributed by atoms with Crippen LogP contribution in [0.4, 0.5) is 0 Å². The molecule has 7 nitrogen and oxygen atoms in total. The molecule has 2 aromatic carbocycles. The number of benzene rings is 2. The van der Waals surface area contributed by atoms with E-state index in [1.807, 2.05) is 42.5 Å². The van der Waals surface area contributed by atoms with Crippen LogP contribution in [0.3, 0.4) is 0 Å². The summed E-state index contributed by atoms with van der Waals surface area (Å²) in [4.78, 5) is 16.9. The van der Waals surface area contributed by atoms with Gasteiger partial charge in [0, 0.05) is 38.3 Å². The first-order valence-corrected chi connectivity index (χ1v) is 13.4. The van der Waals surface area contributed by atoms with Gasteiger partial charge in [-0.15, -0.1) is 0 Å². The van der Waals surface area contributed by atoms with Gasteiger partial charge in [0.05, 0.1) is 4.90 Å². The van der Waals surface area contributed by atoms with Crippen molar-refractivity contribution >= 4 is 15.9 Å². The molecule has 1 amide bonds. The number of sulfonamides is 1. The number of nitrogens with zero attached hydrogens (tertiary/aromatic N) is 2. The van der Waals surface area contributed by atoms with Crippen molar-refractivity contribution in [3.8, 4) is 5.88 Å². The quantitative estimate of drug-likeness (QED) is 0.460. The lowest BCUT2D eigenvalue weighted by Gasteiger charge is -2.25. The molecular weight excluding hydrogens is 462 g/mol. The molecule has 3 aromatic rings. The third kappa shape index (κ3) is 7.13. The largest absolute Gasteiger partial charge is 0.473 e. The summed E-state index contributed by atoms with van der Waals surface area (Å²) >= 11 is 0. The zero-order valence-corrected chi connectivity index (χ0v) is 20.5. The fraction of sp³-hybridized carbons (Fsp3) is 0.333. The van der Waals surface area contributed by atoms with Gasteiger partial charge in [0.1, 0.15) is 6.61 Å². The summed E-state index contributed by atoms with van der Waals surface area (Å²) in [7, 11) is -3.43. The van der Waals surface area contributed by atoms with Crippen molar-refractivity contribution in [2.24, 2.45) is 0 Å². The summed E-state index contributed by atoms with van der Waals surface area (Å²) < 4.78 is 32.9. The number of nitrogens with one attached hydrogen (secondary N) is 1. The monoisotopic (exact) mass is 493 g/mol. The summed E-state index contributed by atoms with van der Waals surface area (Å²) in [6.07, 6.45) is 5.43. The summed E-state index contributed by atoms with van der Waals surface area (Å²) in [5.41, 5.74) is 2.90. The van der Waals surface area contributed by atoms with E-state index in [-0.39, 0.29) is 5.91 Å². The molecule has 1 fully saturated rings. The molecule has 0 atom stereocenters. The fourth-order valence-electron chi connectivity index (χ4n) is 4.00. The Morgan fingerprint density at radius 2 is 1.66 bits per heavy atom. The molecule has 4 rings (SSSR count). The highest BCUT2D eigenvalue weighted by molar-refractivity contribution is 7.89. The van der Waals surface area contributed by atoms with Gasteiger partial charge in [0.15, 0.2) is 0 Å². The zero-order valence-electron chi connectivity index (χ0n) is 19.7. The molecule has 184 valence electrons. The number of hydrogen-bond acceptors (Lipinski definition) is 5. The molecule has 8 heteroatoms. The van der Waals surface area contributed by atoms with E-state index in [9.17, 15) is 13.2 Å². The number of amides is 1. The van der Waals surface area contributed by atoms with Crippen LogP contribution in [-0.2, 0) is 34.4 Å². The summed E-state index contributed by atoms with van der Waals surface area (Å²) in [5.74, 6) is 0.443. The topological polar surface area (TPSA) is 88.6 Å². The molecule has 0 saturated carbocycles. The first-order chi connectivity index (χ1) is 17.0. The number of piperidine rings is 1. The number of carbonyl (C=O) groups is 1. The van der Waals surface area contributed by atoms with E-state index in [2.05, 4.69) is 10.3 Å². The Labute approximate surface area is 207 Å². The fourth-order valence-corrected chi connectivity index (χ4v) is 5.52. The van der Waals surface area contributed by atoms with E-state index in [0.29, 0.717) is 49.9 Å². The number of aryl methyl sites for hydroxylation is 1. The van der Waals surface area contributed by atoms with Crippen LogP contribution in [0.1, 0.15) is 42.4 Å². The standard InChI is InChI=1S/C27H31N3O4S/c31-26(29-20-24-15-16-28-27(19-24)34-21-23-7-3-1-4-8-23)14-11-22-9-12-25(13-10-22)35(32,33)30-17-5-2-6-18-30/h1,3-4,7-10,12-13,15-16,19H,2,5-6,11,14,17-18,20-21H2,(H,29,31). The van der Waals surface area contributed by atoms with Crippen LogP contribution < -0.4 is 10.1 Å². The molecule has 2 heterocycles. The number of rotatable bonds is 10. The minimum Gasteiger partial charge on any atom is -0.473 e. The van der Waals surface area contributed by atoms with E-state index in [0.717, 1.165) is 36.0 Å². The van der Waals surface area contributed by atoms with Crippen molar-refractivity contribution < 1.29 is 17.9 Å². The minimum atomic E-state index is -3.43. The van der Waals surface area contributed by atoms with Crippen molar-refractivity contribution in [1.29, 1.82) is 0 Å². The number of pyridine rings is 1. The highest BCUT2D eigenvalue weighted by Gasteiger charge is 2.25. The zero-order chi connectivity index (χ0) is 24.5. The van der Waals surface area contributed by atoms with Crippen LogP contribution in [0.15, 0.2) is 77.8 Å². The van der Waals surface area contributed by atoms with E-state index < -0.39 is 10.0 Å². The first kappa shape index (κ1) is 24.9. The van der Waals surface area contributed by atoms with Gasteiger partial charge >= 0.3 is 0 Å². The summed E-state index contributed by atoms with van der Waals surface area (Å²) in [5, 5.41) is 2.92. The molecule has 1 N–H and O–H groups in total. The Morgan fingerprint density at radius 1 is 0.914 bits per heavy atom. The van der Waals surface area contributed by atoms with Crippen molar-refractivity contribution in [3.63, 3.8) is 0 Å². The lowest BCUT2D eigenvalue weighted by Crippen LogP contribution is -2.35. The molecule has 0 bridgehead atoms. The normalized spacial score (nSPS) is 14.4. The van der Waals surface area contributed by atoms with Crippen LogP contribution in [0, 0.1) is 0 Å². The van der Waals surface area contributed by atoms with E-state index in [1.54, 1.807) is 34.8 Å². The maximum absolute atomic E-state index is 12.8. The van der Waals surface area contributed by atoms with Crippen molar-refractivity contribution in [1.82, 2.24) is 14.6 Å². The van der Waals surface area contributed by atoms with Gasteiger partial charge in [-0.1, -0.05) is 48.9 Å². The van der Waals surface area contributed by atoms with Gasteiger partial charge in [0.25, 0.3) is 0 Å². The maximum Gasteiger partial charge on any atom is 0.243 e. The predicted molar refractivity (Wildman–Crippen MR) is 134 cm³/mol. The third-order valence-corrected chi connectivity index (χ3v) is 7.95. The Morgan fingerprint density at radius 3 is 2.40 bits per heavy atom. The average Bonchev–Trinajstić information content (AvgIpc) is 2.91. The average molecular weight is 494 g/mol. The Balaban J connectivity index is 1.23. The molecule has 0 spiro atoms. The van der Waals surface area contributed by atoms with Gasteiger partial charge in [0.2, 0.25) is 21.8 Å². The molecule has 0 radical (unpaired) electrons. The lowest BCUT2D eigenvalue weighted by atomic mass is 10.1. The van der Waals surface area contributed by atoms with E-state index in [1.165, 1.54) is 0 Å². The second kappa shape index (κ2) is 12.0. The van der Waals surface area contributed by atoms with Crippen LogP contribution >= 0.6 is 0 Å². The van der Waals surface area contributed by atoms with Crippen LogP contribution in [-0.4, -0.2) is 36.7 Å². The Kier molecular flexibility index (Phi) is 8.50. The highest BCUT2D eigenvalue weighted by Crippen LogP contribution is 2.21. The maximum atomic E-state index is 12.8. The first-order valence-electron chi connectivity index (χ1n) is 12.0. The van der Waals surface area contributed by atoms with Gasteiger partial charge in [-0.2, -0.15) is 4.31 Å². The van der Waals surface area contributed by atoms with Gasteiger partial charge in [-0.3, -0.25) is 4.79 Å². The molecule has 1 aromatic heterocycles. The second-order valence-corrected chi connectivity index (χ2v) is 10.6. The molecule has 0 unspecified atom stereocenters. The molecular formula is C27H31N3O4S. The van der Waals surface area contributed by atoms with Crippen molar-refractivity contribution in [2.45, 2.75) is 50.2 Å². The smallest absolute Gasteiger partial charge is 0.243 e. The van der Waals surface area contributed by atoms with E-state index >= 15 is 0 Å². The minimum absolute atomic E-state index is 0.0708. The highest BCUT2D eigenvalue weighted by atomic mass is 32.2.